The molecule has 20 heavy (non-hydrogen) atoms. The maximum absolute atomic E-state index is 9.73. The summed E-state index contributed by atoms with van der Waals surface area (Å²) in [6.45, 7) is 2.95. The van der Waals surface area contributed by atoms with Crippen LogP contribution in [0.15, 0.2) is 24.3 Å². The second-order valence-corrected chi connectivity index (χ2v) is 5.86. The number of aliphatic hydroxyl groups excluding tert-OH is 1. The molecule has 4 N–H and O–H groups in total. The Labute approximate surface area is 124 Å². The zero-order valence-corrected chi connectivity index (χ0v) is 12.9. The van der Waals surface area contributed by atoms with Crippen molar-refractivity contribution in [1.82, 2.24) is 5.32 Å². The molecule has 1 rings (SSSR count). The molecule has 0 aliphatic carbocycles. The van der Waals surface area contributed by atoms with Crippen LogP contribution in [0.25, 0.3) is 0 Å². The number of unbranched alkanes of at least 4 members (excludes halogenated alkanes) is 4. The van der Waals surface area contributed by atoms with Crippen LogP contribution in [0, 0.1) is 0 Å². The van der Waals surface area contributed by atoms with Gasteiger partial charge in [0.25, 0.3) is 0 Å². The smallest absolute Gasteiger partial charge is 0.0718 e. The Kier molecular flexibility index (Phi) is 9.63. The van der Waals surface area contributed by atoms with Crippen molar-refractivity contribution >= 4 is 0 Å². The lowest BCUT2D eigenvalue weighted by Crippen LogP contribution is -2.53. The van der Waals surface area contributed by atoms with Crippen molar-refractivity contribution in [1.29, 1.82) is 0 Å². The van der Waals surface area contributed by atoms with Crippen LogP contribution in [0.4, 0.5) is 0 Å². The quantitative estimate of drug-likeness (QED) is 0.449. The minimum atomic E-state index is -0.320. The molecule has 0 aromatic heterocycles. The molecule has 0 unspecified atom stereocenters. The number of hydrogen-bond donors (Lipinski definition) is 3. The molecule has 116 valence electrons. The summed E-state index contributed by atoms with van der Waals surface area (Å²) in [6, 6.07) is 0.370. The Hall–Kier alpha value is -0.640. The summed E-state index contributed by atoms with van der Waals surface area (Å²) in [4.78, 5) is 0. The zero-order valence-electron chi connectivity index (χ0n) is 12.9. The molecule has 1 fully saturated rings. The van der Waals surface area contributed by atoms with Crippen LogP contribution < -0.4 is 11.1 Å². The molecule has 3 heteroatoms. The van der Waals surface area contributed by atoms with Crippen LogP contribution in [-0.2, 0) is 0 Å². The third-order valence-electron chi connectivity index (χ3n) is 3.92. The van der Waals surface area contributed by atoms with Gasteiger partial charge in [-0.2, -0.15) is 0 Å². The Morgan fingerprint density at radius 1 is 1.15 bits per heavy atom. The first-order valence-electron chi connectivity index (χ1n) is 8.22. The average molecular weight is 280 g/mol. The third-order valence-corrected chi connectivity index (χ3v) is 3.92. The molecule has 0 amide bonds. The van der Waals surface area contributed by atoms with Crippen LogP contribution >= 0.6 is 0 Å². The van der Waals surface area contributed by atoms with Crippen molar-refractivity contribution in [3.63, 3.8) is 0 Å². The van der Waals surface area contributed by atoms with Crippen molar-refractivity contribution in [3.8, 4) is 0 Å². The molecular weight excluding hydrogens is 248 g/mol. The maximum atomic E-state index is 9.73. The lowest BCUT2D eigenvalue weighted by molar-refractivity contribution is 0.0936. The van der Waals surface area contributed by atoms with Gasteiger partial charge in [-0.05, 0) is 32.1 Å². The summed E-state index contributed by atoms with van der Waals surface area (Å²) >= 11 is 0. The van der Waals surface area contributed by atoms with Crippen molar-refractivity contribution in [2.24, 2.45) is 5.73 Å². The van der Waals surface area contributed by atoms with Gasteiger partial charge in [-0.25, -0.2) is 0 Å². The molecule has 0 aromatic rings. The summed E-state index contributed by atoms with van der Waals surface area (Å²) < 4.78 is 0. The van der Waals surface area contributed by atoms with Gasteiger partial charge in [0.1, 0.15) is 0 Å². The molecular formula is C17H32N2O. The zero-order chi connectivity index (χ0) is 14.6. The van der Waals surface area contributed by atoms with Gasteiger partial charge in [0.05, 0.1) is 6.10 Å². The van der Waals surface area contributed by atoms with E-state index in [9.17, 15) is 5.11 Å². The molecule has 1 aliphatic rings. The van der Waals surface area contributed by atoms with E-state index in [4.69, 9.17) is 5.73 Å². The molecule has 0 bridgehead atoms. The van der Waals surface area contributed by atoms with Crippen molar-refractivity contribution in [2.45, 2.75) is 76.5 Å². The average Bonchev–Trinajstić information content (AvgIpc) is 2.45. The highest BCUT2D eigenvalue weighted by atomic mass is 16.3. The van der Waals surface area contributed by atoms with E-state index in [1.165, 1.54) is 38.5 Å². The number of piperidine rings is 1. The summed E-state index contributed by atoms with van der Waals surface area (Å²) in [6.07, 6.45) is 17.8. The van der Waals surface area contributed by atoms with E-state index in [1.54, 1.807) is 0 Å². The predicted molar refractivity (Wildman–Crippen MR) is 86.7 cm³/mol. The van der Waals surface area contributed by atoms with Crippen LogP contribution in [0.2, 0.25) is 0 Å². The first-order valence-corrected chi connectivity index (χ1v) is 8.22. The number of hydrogen-bond acceptors (Lipinski definition) is 3. The summed E-state index contributed by atoms with van der Waals surface area (Å²) in [7, 11) is 0. The monoisotopic (exact) mass is 280 g/mol. The number of nitrogens with one attached hydrogen (secondary N) is 1. The van der Waals surface area contributed by atoms with Crippen LogP contribution in [-0.4, -0.2) is 29.8 Å². The fraction of sp³-hybridized carbons (Fsp3) is 0.765. The molecule has 0 spiro atoms. The highest BCUT2D eigenvalue weighted by Crippen LogP contribution is 2.14. The lowest BCUT2D eigenvalue weighted by Gasteiger charge is -2.32. The molecule has 0 radical (unpaired) electrons. The maximum Gasteiger partial charge on any atom is 0.0718 e. The number of nitrogens with two attached hydrogens (primary N) is 1. The van der Waals surface area contributed by atoms with E-state index in [-0.39, 0.29) is 12.1 Å². The van der Waals surface area contributed by atoms with E-state index in [0.717, 1.165) is 19.4 Å². The van der Waals surface area contributed by atoms with Gasteiger partial charge in [-0.3, -0.25) is 0 Å². The number of aliphatic hydroxyl groups is 1. The van der Waals surface area contributed by atoms with Crippen molar-refractivity contribution in [3.05, 3.63) is 24.3 Å². The van der Waals surface area contributed by atoms with Gasteiger partial charge in [0, 0.05) is 18.6 Å². The van der Waals surface area contributed by atoms with E-state index in [2.05, 4.69) is 36.5 Å². The Morgan fingerprint density at radius 2 is 1.90 bits per heavy atom. The fourth-order valence-corrected chi connectivity index (χ4v) is 2.55. The Bertz CT molecular complexity index is 289. The van der Waals surface area contributed by atoms with Crippen molar-refractivity contribution in [2.75, 3.05) is 6.54 Å². The van der Waals surface area contributed by atoms with Gasteiger partial charge in [0.15, 0.2) is 0 Å². The lowest BCUT2D eigenvalue weighted by atomic mass is 9.94. The topological polar surface area (TPSA) is 58.3 Å². The number of rotatable bonds is 9. The highest BCUT2D eigenvalue weighted by Gasteiger charge is 2.25. The standard InChI is InChI=1S/C17H32N2O/c1-2-3-4-5-6-7-8-9-10-11-12-15-13-17(20)16(18)14-19-15/h4-7,15-17,19-20H,2-3,8-14,18H2,1H3/b5-4+,7-6+/t15-,16+,17-/m1/s1. The fourth-order valence-electron chi connectivity index (χ4n) is 2.55. The molecule has 1 heterocycles. The minimum Gasteiger partial charge on any atom is -0.391 e. The van der Waals surface area contributed by atoms with Crippen LogP contribution in [0.1, 0.15) is 58.3 Å². The van der Waals surface area contributed by atoms with E-state index < -0.39 is 0 Å². The van der Waals surface area contributed by atoms with Crippen LogP contribution in [0.5, 0.6) is 0 Å². The molecule has 3 atom stereocenters. The Balaban J connectivity index is 1.94. The summed E-state index contributed by atoms with van der Waals surface area (Å²) in [5.41, 5.74) is 5.77. The van der Waals surface area contributed by atoms with E-state index >= 15 is 0 Å². The molecule has 3 nitrogen and oxygen atoms in total. The first kappa shape index (κ1) is 17.4. The van der Waals surface area contributed by atoms with E-state index in [0.29, 0.717) is 6.04 Å². The van der Waals surface area contributed by atoms with Gasteiger partial charge in [0.2, 0.25) is 0 Å². The third kappa shape index (κ3) is 7.83. The number of allylic oxidation sites excluding steroid dienone is 4. The molecule has 0 saturated carbocycles. The Morgan fingerprint density at radius 3 is 2.60 bits per heavy atom. The predicted octanol–water partition coefficient (Wildman–Crippen LogP) is 2.90. The highest BCUT2D eigenvalue weighted by molar-refractivity contribution is 5.02. The van der Waals surface area contributed by atoms with Crippen molar-refractivity contribution < 1.29 is 5.11 Å². The second-order valence-electron chi connectivity index (χ2n) is 5.86. The van der Waals surface area contributed by atoms with E-state index in [1.807, 2.05) is 0 Å². The largest absolute Gasteiger partial charge is 0.391 e. The van der Waals surface area contributed by atoms with Gasteiger partial charge in [-0.15, -0.1) is 0 Å². The molecule has 1 saturated heterocycles. The molecule has 0 aromatic carbocycles. The normalized spacial score (nSPS) is 27.6. The van der Waals surface area contributed by atoms with Crippen LogP contribution in [0.3, 0.4) is 0 Å². The first-order chi connectivity index (χ1) is 9.74. The van der Waals surface area contributed by atoms with Gasteiger partial charge < -0.3 is 16.2 Å². The summed E-state index contributed by atoms with van der Waals surface area (Å²) in [5.74, 6) is 0. The molecule has 1 aliphatic heterocycles. The van der Waals surface area contributed by atoms with Gasteiger partial charge in [-0.1, -0.05) is 50.5 Å². The second kappa shape index (κ2) is 11.1. The SMILES string of the molecule is CCC/C=C/C=C/CCCCC[C@@H]1C[C@@H](O)[C@@H](N)CN1. The minimum absolute atomic E-state index is 0.0860. The van der Waals surface area contributed by atoms with Gasteiger partial charge >= 0.3 is 0 Å². The summed E-state index contributed by atoms with van der Waals surface area (Å²) in [5, 5.41) is 13.2.